The molecule has 2 amide bonds. The number of rotatable bonds is 8. The summed E-state index contributed by atoms with van der Waals surface area (Å²) in [5.41, 5.74) is 2.04. The van der Waals surface area contributed by atoms with Crippen LogP contribution >= 0.6 is 11.6 Å². The second-order valence-corrected chi connectivity index (χ2v) is 6.71. The fourth-order valence-corrected chi connectivity index (χ4v) is 2.92. The minimum atomic E-state index is -0.364. The van der Waals surface area contributed by atoms with Crippen molar-refractivity contribution in [1.82, 2.24) is 5.32 Å². The lowest BCUT2D eigenvalue weighted by Crippen LogP contribution is -2.27. The number of benzene rings is 3. The van der Waals surface area contributed by atoms with Crippen molar-refractivity contribution in [1.29, 1.82) is 0 Å². The molecule has 3 aromatic carbocycles. The van der Waals surface area contributed by atoms with Crippen molar-refractivity contribution in [3.05, 3.63) is 95.0 Å². The molecule has 0 saturated carbocycles. The molecule has 0 spiro atoms. The second-order valence-electron chi connectivity index (χ2n) is 6.30. The lowest BCUT2D eigenvalue weighted by atomic mass is 10.1. The van der Waals surface area contributed by atoms with E-state index in [-0.39, 0.29) is 18.4 Å². The maximum Gasteiger partial charge on any atom is 0.262 e. The highest BCUT2D eigenvalue weighted by Gasteiger charge is 2.13. The Balaban J connectivity index is 1.54. The van der Waals surface area contributed by atoms with Gasteiger partial charge in [-0.05, 0) is 36.2 Å². The van der Waals surface area contributed by atoms with Crippen LogP contribution in [-0.4, -0.2) is 25.0 Å². The van der Waals surface area contributed by atoms with Crippen LogP contribution in [0.4, 0.5) is 5.69 Å². The Kier molecular flexibility index (Phi) is 7.25. The zero-order chi connectivity index (χ0) is 20.5. The molecule has 3 rings (SSSR count). The highest BCUT2D eigenvalue weighted by molar-refractivity contribution is 6.33. The van der Waals surface area contributed by atoms with E-state index >= 15 is 0 Å². The molecule has 0 heterocycles. The summed E-state index contributed by atoms with van der Waals surface area (Å²) in [4.78, 5) is 24.7. The fourth-order valence-electron chi connectivity index (χ4n) is 2.73. The standard InChI is InChI=1S/C23H21ClN2O3/c24-19-11-5-6-12-20(19)26-22(27)16-29-21-13-7-4-10-18(21)23(28)25-15-14-17-8-2-1-3-9-17/h1-13H,14-16H2,(H,25,28)(H,26,27). The summed E-state index contributed by atoms with van der Waals surface area (Å²) >= 11 is 6.04. The molecular weight excluding hydrogens is 388 g/mol. The highest BCUT2D eigenvalue weighted by Crippen LogP contribution is 2.21. The van der Waals surface area contributed by atoms with Crippen LogP contribution in [-0.2, 0) is 11.2 Å². The lowest BCUT2D eigenvalue weighted by molar-refractivity contribution is -0.118. The zero-order valence-corrected chi connectivity index (χ0v) is 16.5. The summed E-state index contributed by atoms with van der Waals surface area (Å²) in [6.45, 7) is 0.268. The summed E-state index contributed by atoms with van der Waals surface area (Å²) in [5, 5.41) is 6.01. The molecule has 5 nitrogen and oxygen atoms in total. The number of anilines is 1. The van der Waals surface area contributed by atoms with Crippen LogP contribution in [0.1, 0.15) is 15.9 Å². The number of ether oxygens (including phenoxy) is 1. The number of nitrogens with one attached hydrogen (secondary N) is 2. The van der Waals surface area contributed by atoms with E-state index < -0.39 is 0 Å². The van der Waals surface area contributed by atoms with Crippen LogP contribution in [0, 0.1) is 0 Å². The second kappa shape index (κ2) is 10.3. The molecule has 0 saturated heterocycles. The van der Waals surface area contributed by atoms with E-state index in [0.717, 1.165) is 12.0 Å². The molecule has 148 valence electrons. The first-order valence-corrected chi connectivity index (χ1v) is 9.59. The molecule has 6 heteroatoms. The highest BCUT2D eigenvalue weighted by atomic mass is 35.5. The van der Waals surface area contributed by atoms with Gasteiger partial charge < -0.3 is 15.4 Å². The lowest BCUT2D eigenvalue weighted by Gasteiger charge is -2.12. The van der Waals surface area contributed by atoms with Gasteiger partial charge in [-0.1, -0.05) is 66.2 Å². The number of para-hydroxylation sites is 2. The van der Waals surface area contributed by atoms with E-state index in [1.807, 2.05) is 30.3 Å². The number of carbonyl (C=O) groups excluding carboxylic acids is 2. The average Bonchev–Trinajstić information content (AvgIpc) is 2.75. The third kappa shape index (κ3) is 6.09. The predicted molar refractivity (Wildman–Crippen MR) is 114 cm³/mol. The smallest absolute Gasteiger partial charge is 0.262 e. The van der Waals surface area contributed by atoms with Crippen molar-refractivity contribution in [2.24, 2.45) is 0 Å². The first-order valence-electron chi connectivity index (χ1n) is 9.22. The Bertz CT molecular complexity index is 977. The molecule has 0 aliphatic carbocycles. The maximum atomic E-state index is 12.5. The molecule has 29 heavy (non-hydrogen) atoms. The van der Waals surface area contributed by atoms with Gasteiger partial charge in [0.15, 0.2) is 6.61 Å². The van der Waals surface area contributed by atoms with Gasteiger partial charge in [0.1, 0.15) is 5.75 Å². The van der Waals surface area contributed by atoms with Crippen LogP contribution in [0.2, 0.25) is 5.02 Å². The molecule has 0 aliphatic heterocycles. The van der Waals surface area contributed by atoms with Crippen LogP contribution in [0.5, 0.6) is 5.75 Å². The van der Waals surface area contributed by atoms with Crippen molar-refractivity contribution in [2.75, 3.05) is 18.5 Å². The normalized spacial score (nSPS) is 10.2. The van der Waals surface area contributed by atoms with Crippen molar-refractivity contribution in [2.45, 2.75) is 6.42 Å². The Morgan fingerprint density at radius 3 is 2.34 bits per heavy atom. The van der Waals surface area contributed by atoms with Crippen molar-refractivity contribution in [3.63, 3.8) is 0 Å². The summed E-state index contributed by atoms with van der Waals surface area (Å²) in [6.07, 6.45) is 0.732. The molecule has 2 N–H and O–H groups in total. The predicted octanol–water partition coefficient (Wildman–Crippen LogP) is 4.33. The minimum Gasteiger partial charge on any atom is -0.483 e. The molecule has 0 aromatic heterocycles. The monoisotopic (exact) mass is 408 g/mol. The van der Waals surface area contributed by atoms with E-state index in [9.17, 15) is 9.59 Å². The number of hydrogen-bond donors (Lipinski definition) is 2. The van der Waals surface area contributed by atoms with Gasteiger partial charge >= 0.3 is 0 Å². The summed E-state index contributed by atoms with van der Waals surface area (Å²) in [6, 6.07) is 23.7. The van der Waals surface area contributed by atoms with Gasteiger partial charge in [0.2, 0.25) is 0 Å². The van der Waals surface area contributed by atoms with E-state index in [1.165, 1.54) is 0 Å². The Labute approximate surface area is 174 Å². The van der Waals surface area contributed by atoms with Crippen LogP contribution in [0.25, 0.3) is 0 Å². The minimum absolute atomic E-state index is 0.237. The van der Waals surface area contributed by atoms with Gasteiger partial charge in [0.05, 0.1) is 16.3 Å². The van der Waals surface area contributed by atoms with Gasteiger partial charge in [-0.25, -0.2) is 0 Å². The van der Waals surface area contributed by atoms with E-state index in [1.54, 1.807) is 48.5 Å². The Morgan fingerprint density at radius 1 is 0.862 bits per heavy atom. The number of halogens is 1. The Morgan fingerprint density at radius 2 is 1.55 bits per heavy atom. The number of hydrogen-bond acceptors (Lipinski definition) is 3. The van der Waals surface area contributed by atoms with Gasteiger partial charge in [-0.3, -0.25) is 9.59 Å². The van der Waals surface area contributed by atoms with Crippen LogP contribution < -0.4 is 15.4 Å². The molecule has 0 fully saturated rings. The zero-order valence-electron chi connectivity index (χ0n) is 15.7. The molecule has 0 aliphatic rings. The molecule has 3 aromatic rings. The van der Waals surface area contributed by atoms with Crippen molar-refractivity contribution in [3.8, 4) is 5.75 Å². The van der Waals surface area contributed by atoms with Crippen LogP contribution in [0.3, 0.4) is 0 Å². The topological polar surface area (TPSA) is 67.4 Å². The first-order chi connectivity index (χ1) is 14.1. The third-order valence-electron chi connectivity index (χ3n) is 4.18. The van der Waals surface area contributed by atoms with E-state index in [0.29, 0.717) is 28.6 Å². The van der Waals surface area contributed by atoms with Crippen molar-refractivity contribution >= 4 is 29.1 Å². The molecular formula is C23H21ClN2O3. The van der Waals surface area contributed by atoms with E-state index in [4.69, 9.17) is 16.3 Å². The van der Waals surface area contributed by atoms with Gasteiger partial charge in [0.25, 0.3) is 11.8 Å². The SMILES string of the molecule is O=C(COc1ccccc1C(=O)NCCc1ccccc1)Nc1ccccc1Cl. The summed E-state index contributed by atoms with van der Waals surface area (Å²) < 4.78 is 5.58. The average molecular weight is 409 g/mol. The number of carbonyl (C=O) groups is 2. The molecule has 0 bridgehead atoms. The first kappa shape index (κ1) is 20.4. The van der Waals surface area contributed by atoms with Crippen molar-refractivity contribution < 1.29 is 14.3 Å². The van der Waals surface area contributed by atoms with Gasteiger partial charge in [-0.2, -0.15) is 0 Å². The quantitative estimate of drug-likeness (QED) is 0.583. The summed E-state index contributed by atoms with van der Waals surface area (Å²) in [5.74, 6) is -0.264. The van der Waals surface area contributed by atoms with Crippen LogP contribution in [0.15, 0.2) is 78.9 Å². The fraction of sp³-hybridized carbons (Fsp3) is 0.130. The maximum absolute atomic E-state index is 12.5. The third-order valence-corrected chi connectivity index (χ3v) is 4.51. The van der Waals surface area contributed by atoms with Gasteiger partial charge in [0, 0.05) is 6.54 Å². The summed E-state index contributed by atoms with van der Waals surface area (Å²) in [7, 11) is 0. The van der Waals surface area contributed by atoms with E-state index in [2.05, 4.69) is 10.6 Å². The number of amides is 2. The Hall–Kier alpha value is -3.31. The molecule has 0 unspecified atom stereocenters. The largest absolute Gasteiger partial charge is 0.483 e. The molecule has 0 atom stereocenters. The molecule has 0 radical (unpaired) electrons. The van der Waals surface area contributed by atoms with Gasteiger partial charge in [-0.15, -0.1) is 0 Å².